The van der Waals surface area contributed by atoms with Crippen molar-refractivity contribution >= 4 is 27.5 Å². The first-order chi connectivity index (χ1) is 15.3. The molecule has 1 aliphatic carbocycles. The van der Waals surface area contributed by atoms with Crippen molar-refractivity contribution in [1.29, 1.82) is 0 Å². The predicted molar refractivity (Wildman–Crippen MR) is 116 cm³/mol. The van der Waals surface area contributed by atoms with Crippen LogP contribution in [0.4, 0.5) is 0 Å². The van der Waals surface area contributed by atoms with E-state index in [1.807, 2.05) is 0 Å². The van der Waals surface area contributed by atoms with Crippen LogP contribution in [0.1, 0.15) is 29.1 Å². The highest BCUT2D eigenvalue weighted by molar-refractivity contribution is 7.89. The molecule has 0 aliphatic heterocycles. The fourth-order valence-electron chi connectivity index (χ4n) is 3.11. The van der Waals surface area contributed by atoms with Crippen molar-refractivity contribution in [3.05, 3.63) is 65.0 Å². The van der Waals surface area contributed by atoms with Gasteiger partial charge in [0, 0.05) is 29.2 Å². The van der Waals surface area contributed by atoms with E-state index in [-0.39, 0.29) is 23.4 Å². The van der Waals surface area contributed by atoms with Gasteiger partial charge in [-0.25, -0.2) is 8.42 Å². The van der Waals surface area contributed by atoms with Gasteiger partial charge < -0.3 is 9.32 Å². The van der Waals surface area contributed by atoms with E-state index in [0.717, 1.165) is 22.9 Å². The molecule has 3 aromatic rings. The van der Waals surface area contributed by atoms with Gasteiger partial charge in [-0.2, -0.15) is 0 Å². The molecule has 1 aliphatic rings. The summed E-state index contributed by atoms with van der Waals surface area (Å²) in [5.41, 5.74) is 1.10. The zero-order chi connectivity index (χ0) is 22.9. The largest absolute Gasteiger partial charge is 0.419 e. The zero-order valence-corrected chi connectivity index (χ0v) is 19.0. The summed E-state index contributed by atoms with van der Waals surface area (Å²) in [4.78, 5) is 19.6. The van der Waals surface area contributed by atoms with Crippen molar-refractivity contribution in [2.45, 2.75) is 30.3 Å². The molecule has 4 rings (SSSR count). The monoisotopic (exact) mass is 476 g/mol. The van der Waals surface area contributed by atoms with Gasteiger partial charge in [0.2, 0.25) is 11.8 Å². The smallest absolute Gasteiger partial charge is 0.264 e. The summed E-state index contributed by atoms with van der Waals surface area (Å²) in [6.45, 7) is 0.163. The number of hydrogen-bond donors (Lipinski definition) is 0. The number of hydroxylamine groups is 1. The number of carbonyl (C=O) groups is 1. The number of carbonyl (C=O) groups excluding carboxylic acids is 1. The molecule has 0 radical (unpaired) electrons. The molecular formula is C21H21ClN4O5S. The molecule has 0 unspecified atom stereocenters. The van der Waals surface area contributed by atoms with Crippen LogP contribution in [0.3, 0.4) is 0 Å². The average molecular weight is 477 g/mol. The highest BCUT2D eigenvalue weighted by atomic mass is 35.5. The number of nitrogens with zero attached hydrogens (tertiary/aromatic N) is 4. The molecule has 2 aromatic carbocycles. The molecule has 11 heteroatoms. The van der Waals surface area contributed by atoms with Crippen molar-refractivity contribution < 1.29 is 22.5 Å². The molecule has 32 heavy (non-hydrogen) atoms. The third kappa shape index (κ3) is 4.68. The Morgan fingerprint density at radius 3 is 2.38 bits per heavy atom. The summed E-state index contributed by atoms with van der Waals surface area (Å²) >= 11 is 5.91. The van der Waals surface area contributed by atoms with E-state index in [9.17, 15) is 13.2 Å². The van der Waals surface area contributed by atoms with Gasteiger partial charge in [-0.15, -0.1) is 10.2 Å². The Hall–Kier alpha value is -2.79. The van der Waals surface area contributed by atoms with E-state index in [1.165, 1.54) is 38.4 Å². The van der Waals surface area contributed by atoms with Gasteiger partial charge in [-0.05, 0) is 61.4 Å². The van der Waals surface area contributed by atoms with Crippen molar-refractivity contribution in [2.75, 3.05) is 14.2 Å². The highest BCUT2D eigenvalue weighted by Crippen LogP contribution is 2.30. The zero-order valence-electron chi connectivity index (χ0n) is 17.4. The summed E-state index contributed by atoms with van der Waals surface area (Å²) in [5, 5.41) is 8.74. The standard InChI is InChI=1S/C21H21ClN4O5S/c1-25(30-2)32(28,29)18-11-5-15(6-12-18)21(27)26(17-9-10-17)13-19-23-24-20(31-19)14-3-7-16(22)8-4-14/h3-8,11-12,17H,9-10,13H2,1-2H3. The minimum absolute atomic E-state index is 0.0286. The van der Waals surface area contributed by atoms with Gasteiger partial charge in [0.25, 0.3) is 15.9 Å². The third-order valence-electron chi connectivity index (χ3n) is 5.11. The lowest BCUT2D eigenvalue weighted by atomic mass is 10.2. The summed E-state index contributed by atoms with van der Waals surface area (Å²) in [7, 11) is -1.23. The minimum atomic E-state index is -3.79. The number of sulfonamides is 1. The summed E-state index contributed by atoms with van der Waals surface area (Å²) in [6, 6.07) is 12.8. The van der Waals surface area contributed by atoms with Crippen LogP contribution in [0, 0.1) is 0 Å². The first-order valence-corrected chi connectivity index (χ1v) is 11.6. The second-order valence-corrected chi connectivity index (χ2v) is 9.67. The second-order valence-electron chi connectivity index (χ2n) is 7.29. The maximum Gasteiger partial charge on any atom is 0.264 e. The van der Waals surface area contributed by atoms with Gasteiger partial charge >= 0.3 is 0 Å². The number of benzene rings is 2. The van der Waals surface area contributed by atoms with Crippen LogP contribution >= 0.6 is 11.6 Å². The molecule has 0 saturated heterocycles. The van der Waals surface area contributed by atoms with Gasteiger partial charge in [-0.1, -0.05) is 16.1 Å². The van der Waals surface area contributed by atoms with E-state index in [0.29, 0.717) is 22.4 Å². The molecule has 1 aromatic heterocycles. The lowest BCUT2D eigenvalue weighted by Crippen LogP contribution is -2.32. The Labute approximate surface area is 190 Å². The third-order valence-corrected chi connectivity index (χ3v) is 7.05. The molecule has 0 atom stereocenters. The van der Waals surface area contributed by atoms with E-state index >= 15 is 0 Å². The topological polar surface area (TPSA) is 106 Å². The van der Waals surface area contributed by atoms with Crippen molar-refractivity contribution in [2.24, 2.45) is 0 Å². The number of halogens is 1. The quantitative estimate of drug-likeness (QED) is 0.459. The van der Waals surface area contributed by atoms with E-state index in [2.05, 4.69) is 10.2 Å². The predicted octanol–water partition coefficient (Wildman–Crippen LogP) is 3.38. The van der Waals surface area contributed by atoms with E-state index in [4.69, 9.17) is 20.9 Å². The molecule has 0 N–H and O–H groups in total. The number of hydrogen-bond acceptors (Lipinski definition) is 7. The van der Waals surface area contributed by atoms with Crippen LogP contribution in [-0.2, 0) is 21.4 Å². The molecule has 9 nitrogen and oxygen atoms in total. The Morgan fingerprint density at radius 1 is 1.12 bits per heavy atom. The molecule has 1 amide bonds. The van der Waals surface area contributed by atoms with Crippen molar-refractivity contribution in [3.63, 3.8) is 0 Å². The normalized spacial score (nSPS) is 14.0. The van der Waals surface area contributed by atoms with Crippen molar-refractivity contribution in [3.8, 4) is 11.5 Å². The SMILES string of the molecule is CON(C)S(=O)(=O)c1ccc(C(=O)N(Cc2nnc(-c3ccc(Cl)cc3)o2)C2CC2)cc1. The van der Waals surface area contributed by atoms with Gasteiger partial charge in [0.1, 0.15) is 0 Å². The van der Waals surface area contributed by atoms with Gasteiger partial charge in [0.05, 0.1) is 18.6 Å². The van der Waals surface area contributed by atoms with Crippen LogP contribution in [0.2, 0.25) is 5.02 Å². The maximum absolute atomic E-state index is 13.1. The molecular weight excluding hydrogens is 456 g/mol. The fraction of sp³-hybridized carbons (Fsp3) is 0.286. The van der Waals surface area contributed by atoms with Crippen LogP contribution < -0.4 is 0 Å². The molecule has 1 heterocycles. The number of amides is 1. The van der Waals surface area contributed by atoms with E-state index in [1.54, 1.807) is 29.2 Å². The summed E-state index contributed by atoms with van der Waals surface area (Å²) in [5.74, 6) is 0.426. The molecule has 1 fully saturated rings. The first kappa shape index (κ1) is 22.4. The lowest BCUT2D eigenvalue weighted by Gasteiger charge is -2.21. The van der Waals surface area contributed by atoms with Crippen LogP contribution in [0.5, 0.6) is 0 Å². The Kier molecular flexibility index (Phi) is 6.29. The Morgan fingerprint density at radius 2 is 1.78 bits per heavy atom. The van der Waals surface area contributed by atoms with Crippen molar-refractivity contribution in [1.82, 2.24) is 19.6 Å². The molecule has 0 bridgehead atoms. The summed E-state index contributed by atoms with van der Waals surface area (Å²) < 4.78 is 31.2. The number of rotatable bonds is 8. The van der Waals surface area contributed by atoms with Crippen LogP contribution in [-0.4, -0.2) is 54.1 Å². The van der Waals surface area contributed by atoms with Gasteiger partial charge in [-0.3, -0.25) is 9.63 Å². The molecule has 168 valence electrons. The Balaban J connectivity index is 1.51. The second kappa shape index (κ2) is 8.99. The van der Waals surface area contributed by atoms with E-state index < -0.39 is 10.0 Å². The fourth-order valence-corrected chi connectivity index (χ4v) is 4.21. The minimum Gasteiger partial charge on any atom is -0.419 e. The highest BCUT2D eigenvalue weighted by Gasteiger charge is 2.34. The lowest BCUT2D eigenvalue weighted by molar-refractivity contribution is -0.0258. The molecule has 1 saturated carbocycles. The van der Waals surface area contributed by atoms with Crippen LogP contribution in [0.15, 0.2) is 57.8 Å². The average Bonchev–Trinajstić information content (AvgIpc) is 3.54. The Bertz CT molecular complexity index is 1210. The van der Waals surface area contributed by atoms with Crippen LogP contribution in [0.25, 0.3) is 11.5 Å². The maximum atomic E-state index is 13.1. The number of aromatic nitrogens is 2. The summed E-state index contributed by atoms with van der Waals surface area (Å²) in [6.07, 6.45) is 1.77. The van der Waals surface area contributed by atoms with Gasteiger partial charge in [0.15, 0.2) is 0 Å². The first-order valence-electron chi connectivity index (χ1n) is 9.82. The molecule has 0 spiro atoms.